The molecule has 0 saturated carbocycles. The number of amidine groups is 1. The standard InChI is InChI=1S/C51H34N4O2/c1-3-13-31(14-4-1)49-52-50(32-15-5-2-6-16-32)54-51(53-49)33-25-28-44-41(29-33)47-38(19-12-24-45(47)56-44)40-21-11-20-39-37-27-26-34(30-46(37)57-48(39)40)55-42-22-9-7-17-35(42)36-18-8-10-23-43(36)55/h1-30,49-50,52H,(H,53,54). The SMILES string of the molecule is c1ccc(C2N=C(c3ccc4oc5cccc(-c6cccc7c6oc6cc(-n8c9ccccc9c9ccccc98)ccc67)c5c4c3)NC(c3ccccc3)N2)cc1. The minimum Gasteiger partial charge on any atom is -0.456 e. The van der Waals surface area contributed by atoms with Gasteiger partial charge in [-0.2, -0.15) is 0 Å². The molecule has 0 bridgehead atoms. The first-order chi connectivity index (χ1) is 28.2. The molecule has 0 aliphatic carbocycles. The normalized spacial score (nSPS) is 15.9. The van der Waals surface area contributed by atoms with E-state index in [0.29, 0.717) is 0 Å². The van der Waals surface area contributed by atoms with Crippen LogP contribution in [0.15, 0.2) is 196 Å². The van der Waals surface area contributed by atoms with Crippen molar-refractivity contribution in [3.05, 3.63) is 199 Å². The van der Waals surface area contributed by atoms with Gasteiger partial charge < -0.3 is 18.7 Å². The summed E-state index contributed by atoms with van der Waals surface area (Å²) >= 11 is 0. The third-order valence-corrected chi connectivity index (χ3v) is 11.5. The fourth-order valence-electron chi connectivity index (χ4n) is 8.87. The molecule has 4 heterocycles. The average molecular weight is 735 g/mol. The Labute approximate surface area is 327 Å². The molecule has 270 valence electrons. The topological polar surface area (TPSA) is 67.6 Å². The van der Waals surface area contributed by atoms with E-state index in [2.05, 4.69) is 179 Å². The molecule has 11 aromatic rings. The van der Waals surface area contributed by atoms with Crippen LogP contribution >= 0.6 is 0 Å². The van der Waals surface area contributed by atoms with Gasteiger partial charge in [-0.3, -0.25) is 5.32 Å². The van der Waals surface area contributed by atoms with Gasteiger partial charge in [-0.05, 0) is 65.2 Å². The van der Waals surface area contributed by atoms with E-state index >= 15 is 0 Å². The Morgan fingerprint density at radius 1 is 0.474 bits per heavy atom. The highest BCUT2D eigenvalue weighted by molar-refractivity contribution is 6.18. The molecule has 6 nitrogen and oxygen atoms in total. The number of fused-ring (bicyclic) bond motifs is 9. The molecule has 0 amide bonds. The Hall–Kier alpha value is -7.41. The zero-order valence-electron chi connectivity index (χ0n) is 30.7. The predicted molar refractivity (Wildman–Crippen MR) is 232 cm³/mol. The van der Waals surface area contributed by atoms with E-state index in [0.717, 1.165) is 83.2 Å². The Kier molecular flexibility index (Phi) is 7.03. The van der Waals surface area contributed by atoms with E-state index in [1.807, 2.05) is 18.2 Å². The second-order valence-corrected chi connectivity index (χ2v) is 14.8. The summed E-state index contributed by atoms with van der Waals surface area (Å²) in [5, 5.41) is 14.1. The maximum Gasteiger partial charge on any atom is 0.143 e. The minimum atomic E-state index is -0.221. The summed E-state index contributed by atoms with van der Waals surface area (Å²) in [4.78, 5) is 5.22. The number of aromatic nitrogens is 1. The molecule has 2 atom stereocenters. The van der Waals surface area contributed by atoms with Crippen molar-refractivity contribution in [2.45, 2.75) is 12.3 Å². The van der Waals surface area contributed by atoms with Crippen molar-refractivity contribution in [3.8, 4) is 16.8 Å². The summed E-state index contributed by atoms with van der Waals surface area (Å²) in [6.45, 7) is 0. The maximum absolute atomic E-state index is 6.88. The highest BCUT2D eigenvalue weighted by Gasteiger charge is 2.26. The summed E-state index contributed by atoms with van der Waals surface area (Å²) in [6, 6.07) is 63.7. The largest absolute Gasteiger partial charge is 0.456 e. The third kappa shape index (κ3) is 5.04. The van der Waals surface area contributed by atoms with Crippen molar-refractivity contribution in [1.82, 2.24) is 15.2 Å². The van der Waals surface area contributed by atoms with Gasteiger partial charge in [0, 0.05) is 55.2 Å². The van der Waals surface area contributed by atoms with Gasteiger partial charge in [0.2, 0.25) is 0 Å². The van der Waals surface area contributed by atoms with Crippen LogP contribution in [0.5, 0.6) is 0 Å². The van der Waals surface area contributed by atoms with Gasteiger partial charge in [0.05, 0.1) is 11.0 Å². The molecular weight excluding hydrogens is 701 g/mol. The van der Waals surface area contributed by atoms with Crippen molar-refractivity contribution in [2.75, 3.05) is 0 Å². The Balaban J connectivity index is 1.00. The number of para-hydroxylation sites is 3. The lowest BCUT2D eigenvalue weighted by atomic mass is 9.97. The summed E-state index contributed by atoms with van der Waals surface area (Å²) in [7, 11) is 0. The molecule has 1 aliphatic heterocycles. The van der Waals surface area contributed by atoms with Crippen LogP contribution in [0.25, 0.3) is 82.5 Å². The van der Waals surface area contributed by atoms with Crippen LogP contribution in [0.3, 0.4) is 0 Å². The monoisotopic (exact) mass is 734 g/mol. The van der Waals surface area contributed by atoms with Gasteiger partial charge in [-0.25, -0.2) is 4.99 Å². The molecule has 0 radical (unpaired) electrons. The zero-order chi connectivity index (χ0) is 37.5. The molecule has 6 heteroatoms. The van der Waals surface area contributed by atoms with Crippen LogP contribution in [-0.4, -0.2) is 10.4 Å². The lowest BCUT2D eigenvalue weighted by Crippen LogP contribution is -2.44. The molecule has 3 aromatic heterocycles. The summed E-state index contributed by atoms with van der Waals surface area (Å²) in [5.74, 6) is 0.823. The van der Waals surface area contributed by atoms with E-state index in [1.165, 1.54) is 21.8 Å². The smallest absolute Gasteiger partial charge is 0.143 e. The molecule has 0 spiro atoms. The van der Waals surface area contributed by atoms with Crippen LogP contribution < -0.4 is 10.6 Å². The molecular formula is C51H34N4O2. The van der Waals surface area contributed by atoms with Crippen LogP contribution in [0.4, 0.5) is 0 Å². The quantitative estimate of drug-likeness (QED) is 0.185. The van der Waals surface area contributed by atoms with Crippen LogP contribution in [0, 0.1) is 0 Å². The predicted octanol–water partition coefficient (Wildman–Crippen LogP) is 12.6. The summed E-state index contributed by atoms with van der Waals surface area (Å²) in [6.07, 6.45) is -0.349. The number of hydrogen-bond donors (Lipinski definition) is 2. The van der Waals surface area contributed by atoms with Crippen LogP contribution in [0.2, 0.25) is 0 Å². The molecule has 57 heavy (non-hydrogen) atoms. The molecule has 0 fully saturated rings. The van der Waals surface area contributed by atoms with Crippen molar-refractivity contribution < 1.29 is 8.83 Å². The zero-order valence-corrected chi connectivity index (χ0v) is 30.7. The number of hydrogen-bond acceptors (Lipinski definition) is 5. The number of rotatable bonds is 5. The van der Waals surface area contributed by atoms with E-state index in [1.54, 1.807) is 0 Å². The van der Waals surface area contributed by atoms with Crippen molar-refractivity contribution in [2.24, 2.45) is 4.99 Å². The fraction of sp³-hybridized carbons (Fsp3) is 0.0392. The molecule has 1 aliphatic rings. The number of nitrogens with zero attached hydrogens (tertiary/aromatic N) is 2. The number of aliphatic imine (C=N–C) groups is 1. The lowest BCUT2D eigenvalue weighted by Gasteiger charge is -2.32. The van der Waals surface area contributed by atoms with Crippen LogP contribution in [-0.2, 0) is 0 Å². The Bertz CT molecular complexity index is 3320. The molecule has 2 unspecified atom stereocenters. The number of furan rings is 2. The average Bonchev–Trinajstić information content (AvgIpc) is 3.96. The van der Waals surface area contributed by atoms with Gasteiger partial charge in [-0.1, -0.05) is 127 Å². The van der Waals surface area contributed by atoms with E-state index in [-0.39, 0.29) is 12.3 Å². The second-order valence-electron chi connectivity index (χ2n) is 14.8. The second kappa shape index (κ2) is 12.6. The first-order valence-electron chi connectivity index (χ1n) is 19.4. The first kappa shape index (κ1) is 31.9. The maximum atomic E-state index is 6.88. The molecule has 2 N–H and O–H groups in total. The number of benzene rings is 8. The summed E-state index contributed by atoms with van der Waals surface area (Å²) < 4.78 is 15.7. The Morgan fingerprint density at radius 3 is 1.95 bits per heavy atom. The minimum absolute atomic E-state index is 0.127. The van der Waals surface area contributed by atoms with Crippen molar-refractivity contribution in [1.29, 1.82) is 0 Å². The molecule has 0 saturated heterocycles. The van der Waals surface area contributed by atoms with Crippen LogP contribution in [0.1, 0.15) is 29.0 Å². The van der Waals surface area contributed by atoms with Gasteiger partial charge in [0.25, 0.3) is 0 Å². The fourth-order valence-corrected chi connectivity index (χ4v) is 8.87. The van der Waals surface area contributed by atoms with Gasteiger partial charge >= 0.3 is 0 Å². The van der Waals surface area contributed by atoms with Gasteiger partial charge in [0.1, 0.15) is 40.5 Å². The Morgan fingerprint density at radius 2 is 1.16 bits per heavy atom. The summed E-state index contributed by atoms with van der Waals surface area (Å²) in [5.41, 5.74) is 12.1. The van der Waals surface area contributed by atoms with Gasteiger partial charge in [-0.15, -0.1) is 0 Å². The lowest BCUT2D eigenvalue weighted by molar-refractivity contribution is 0.409. The van der Waals surface area contributed by atoms with Gasteiger partial charge in [0.15, 0.2) is 0 Å². The molecule has 8 aromatic carbocycles. The third-order valence-electron chi connectivity index (χ3n) is 11.5. The van der Waals surface area contributed by atoms with E-state index < -0.39 is 0 Å². The number of nitrogens with one attached hydrogen (secondary N) is 2. The van der Waals surface area contributed by atoms with E-state index in [9.17, 15) is 0 Å². The van der Waals surface area contributed by atoms with Crippen molar-refractivity contribution in [3.63, 3.8) is 0 Å². The van der Waals surface area contributed by atoms with E-state index in [4.69, 9.17) is 13.8 Å². The van der Waals surface area contributed by atoms with Crippen molar-refractivity contribution >= 4 is 71.5 Å². The highest BCUT2D eigenvalue weighted by Crippen LogP contribution is 2.43. The molecule has 12 rings (SSSR count). The first-order valence-corrected chi connectivity index (χ1v) is 19.4. The highest BCUT2D eigenvalue weighted by atomic mass is 16.3.